The third-order valence-corrected chi connectivity index (χ3v) is 4.10. The molecule has 106 valence electrons. The number of hydrogen-bond acceptors (Lipinski definition) is 1. The Labute approximate surface area is 130 Å². The predicted molar refractivity (Wildman–Crippen MR) is 94.2 cm³/mol. The van der Waals surface area contributed by atoms with Crippen LogP contribution in [-0.4, -0.2) is 4.98 Å². The van der Waals surface area contributed by atoms with Crippen molar-refractivity contribution in [3.05, 3.63) is 77.9 Å². The molecule has 0 bridgehead atoms. The van der Waals surface area contributed by atoms with E-state index < -0.39 is 0 Å². The van der Waals surface area contributed by atoms with Crippen LogP contribution in [0.25, 0.3) is 32.9 Å². The molecule has 0 aliphatic heterocycles. The SMILES string of the molecule is Cc1cc(C)cc(-c2c3ccccc3nc3ccccc23)c1. The number of para-hydroxylation sites is 2. The third-order valence-electron chi connectivity index (χ3n) is 4.10. The molecule has 0 radical (unpaired) electrons. The number of rotatable bonds is 1. The molecule has 0 saturated carbocycles. The highest BCUT2D eigenvalue weighted by Crippen LogP contribution is 2.35. The lowest BCUT2D eigenvalue weighted by Gasteiger charge is -2.12. The molecule has 4 aromatic rings. The molecule has 4 rings (SSSR count). The fourth-order valence-electron chi connectivity index (χ4n) is 3.27. The van der Waals surface area contributed by atoms with Gasteiger partial charge < -0.3 is 0 Å². The molecule has 0 N–H and O–H groups in total. The molecule has 0 aliphatic rings. The second kappa shape index (κ2) is 4.96. The van der Waals surface area contributed by atoms with Crippen molar-refractivity contribution in [3.63, 3.8) is 0 Å². The van der Waals surface area contributed by atoms with E-state index in [1.54, 1.807) is 0 Å². The van der Waals surface area contributed by atoms with Crippen LogP contribution in [0.4, 0.5) is 0 Å². The first-order chi connectivity index (χ1) is 10.7. The quantitative estimate of drug-likeness (QED) is 0.410. The summed E-state index contributed by atoms with van der Waals surface area (Å²) in [7, 11) is 0. The molecule has 0 spiro atoms. The Kier molecular flexibility index (Phi) is 2.93. The highest BCUT2D eigenvalue weighted by Gasteiger charge is 2.11. The number of nitrogens with zero attached hydrogens (tertiary/aromatic N) is 1. The smallest absolute Gasteiger partial charge is 0.0715 e. The lowest BCUT2D eigenvalue weighted by Crippen LogP contribution is -1.90. The highest BCUT2D eigenvalue weighted by atomic mass is 14.7. The van der Waals surface area contributed by atoms with Gasteiger partial charge in [0, 0.05) is 16.3 Å². The van der Waals surface area contributed by atoms with Crippen molar-refractivity contribution >= 4 is 21.8 Å². The van der Waals surface area contributed by atoms with Gasteiger partial charge >= 0.3 is 0 Å². The van der Waals surface area contributed by atoms with E-state index in [0.29, 0.717) is 0 Å². The zero-order chi connectivity index (χ0) is 15.1. The van der Waals surface area contributed by atoms with Gasteiger partial charge in [0.15, 0.2) is 0 Å². The molecule has 0 aliphatic carbocycles. The molecule has 0 amide bonds. The van der Waals surface area contributed by atoms with Crippen LogP contribution in [0.5, 0.6) is 0 Å². The van der Waals surface area contributed by atoms with E-state index in [1.807, 2.05) is 0 Å². The van der Waals surface area contributed by atoms with Gasteiger partial charge in [-0.15, -0.1) is 0 Å². The summed E-state index contributed by atoms with van der Waals surface area (Å²) in [6.45, 7) is 4.31. The Bertz CT molecular complexity index is 925. The van der Waals surface area contributed by atoms with Crippen LogP contribution in [-0.2, 0) is 0 Å². The fourth-order valence-corrected chi connectivity index (χ4v) is 3.27. The second-order valence-electron chi connectivity index (χ2n) is 5.90. The molecule has 3 aromatic carbocycles. The Morgan fingerprint density at radius 3 is 1.68 bits per heavy atom. The number of hydrogen-bond donors (Lipinski definition) is 0. The first-order valence-electron chi connectivity index (χ1n) is 7.58. The van der Waals surface area contributed by atoms with Gasteiger partial charge in [-0.05, 0) is 31.5 Å². The summed E-state index contributed by atoms with van der Waals surface area (Å²) in [5.74, 6) is 0. The Hall–Kier alpha value is -2.67. The maximum Gasteiger partial charge on any atom is 0.0715 e. The lowest BCUT2D eigenvalue weighted by molar-refractivity contribution is 1.39. The van der Waals surface area contributed by atoms with Crippen molar-refractivity contribution in [1.29, 1.82) is 0 Å². The van der Waals surface area contributed by atoms with Gasteiger partial charge in [0.05, 0.1) is 11.0 Å². The first-order valence-corrected chi connectivity index (χ1v) is 7.58. The van der Waals surface area contributed by atoms with Gasteiger partial charge in [-0.1, -0.05) is 65.7 Å². The number of pyridine rings is 1. The van der Waals surface area contributed by atoms with Crippen LogP contribution < -0.4 is 0 Å². The van der Waals surface area contributed by atoms with Crippen molar-refractivity contribution in [2.45, 2.75) is 13.8 Å². The van der Waals surface area contributed by atoms with Crippen molar-refractivity contribution in [3.8, 4) is 11.1 Å². The van der Waals surface area contributed by atoms with Crippen LogP contribution in [0.2, 0.25) is 0 Å². The molecule has 1 heteroatoms. The molecule has 1 aromatic heterocycles. The average Bonchev–Trinajstić information content (AvgIpc) is 2.51. The zero-order valence-electron chi connectivity index (χ0n) is 12.8. The minimum Gasteiger partial charge on any atom is -0.248 e. The third kappa shape index (κ3) is 2.06. The summed E-state index contributed by atoms with van der Waals surface area (Å²) in [5.41, 5.74) is 7.24. The van der Waals surface area contributed by atoms with Gasteiger partial charge in [0.1, 0.15) is 0 Å². The zero-order valence-corrected chi connectivity index (χ0v) is 12.8. The van der Waals surface area contributed by atoms with Crippen molar-refractivity contribution in [2.75, 3.05) is 0 Å². The molecular formula is C21H17N. The lowest BCUT2D eigenvalue weighted by atomic mass is 9.94. The standard InChI is InChI=1S/C21H17N/c1-14-11-15(2)13-16(12-14)21-17-7-3-5-9-19(17)22-20-10-6-4-8-18(20)21/h3-13H,1-2H3. The average molecular weight is 283 g/mol. The Balaban J connectivity index is 2.21. The van der Waals surface area contributed by atoms with E-state index in [2.05, 4.69) is 80.6 Å². The normalized spacial score (nSPS) is 11.2. The number of aryl methyl sites for hydroxylation is 2. The molecular weight excluding hydrogens is 266 g/mol. The molecule has 0 atom stereocenters. The maximum absolute atomic E-state index is 4.81. The largest absolute Gasteiger partial charge is 0.248 e. The van der Waals surface area contributed by atoms with Gasteiger partial charge in [0.25, 0.3) is 0 Å². The Morgan fingerprint density at radius 1 is 0.636 bits per heavy atom. The van der Waals surface area contributed by atoms with E-state index in [4.69, 9.17) is 4.98 Å². The van der Waals surface area contributed by atoms with Crippen LogP contribution in [0, 0.1) is 13.8 Å². The van der Waals surface area contributed by atoms with Crippen molar-refractivity contribution in [1.82, 2.24) is 4.98 Å². The summed E-state index contributed by atoms with van der Waals surface area (Å²) in [5, 5.41) is 2.43. The minimum atomic E-state index is 1.05. The molecule has 22 heavy (non-hydrogen) atoms. The van der Waals surface area contributed by atoms with E-state index in [9.17, 15) is 0 Å². The summed E-state index contributed by atoms with van der Waals surface area (Å²) in [6.07, 6.45) is 0. The van der Waals surface area contributed by atoms with E-state index in [0.717, 1.165) is 11.0 Å². The molecule has 0 fully saturated rings. The molecule has 0 unspecified atom stereocenters. The number of fused-ring (bicyclic) bond motifs is 2. The number of aromatic nitrogens is 1. The predicted octanol–water partition coefficient (Wildman–Crippen LogP) is 5.67. The first kappa shape index (κ1) is 13.0. The molecule has 1 heterocycles. The fraction of sp³-hybridized carbons (Fsp3) is 0.0952. The second-order valence-corrected chi connectivity index (χ2v) is 5.90. The summed E-state index contributed by atoms with van der Waals surface area (Å²) >= 11 is 0. The van der Waals surface area contributed by atoms with Crippen LogP contribution in [0.1, 0.15) is 11.1 Å². The Morgan fingerprint density at radius 2 is 1.14 bits per heavy atom. The van der Waals surface area contributed by atoms with Crippen LogP contribution >= 0.6 is 0 Å². The minimum absolute atomic E-state index is 1.05. The molecule has 0 saturated heterocycles. The van der Waals surface area contributed by atoms with E-state index in [-0.39, 0.29) is 0 Å². The van der Waals surface area contributed by atoms with Crippen LogP contribution in [0.15, 0.2) is 66.7 Å². The monoisotopic (exact) mass is 283 g/mol. The molecule has 1 nitrogen and oxygen atoms in total. The van der Waals surface area contributed by atoms with Crippen molar-refractivity contribution < 1.29 is 0 Å². The van der Waals surface area contributed by atoms with Gasteiger partial charge in [0.2, 0.25) is 0 Å². The van der Waals surface area contributed by atoms with Crippen molar-refractivity contribution in [2.24, 2.45) is 0 Å². The maximum atomic E-state index is 4.81. The summed E-state index contributed by atoms with van der Waals surface area (Å²) in [4.78, 5) is 4.81. The topological polar surface area (TPSA) is 12.9 Å². The number of benzene rings is 3. The van der Waals surface area contributed by atoms with Gasteiger partial charge in [-0.3, -0.25) is 0 Å². The van der Waals surface area contributed by atoms with E-state index in [1.165, 1.54) is 33.0 Å². The highest BCUT2D eigenvalue weighted by molar-refractivity contribution is 6.09. The van der Waals surface area contributed by atoms with Crippen LogP contribution in [0.3, 0.4) is 0 Å². The summed E-state index contributed by atoms with van der Waals surface area (Å²) < 4.78 is 0. The van der Waals surface area contributed by atoms with E-state index >= 15 is 0 Å². The van der Waals surface area contributed by atoms with Gasteiger partial charge in [-0.2, -0.15) is 0 Å². The van der Waals surface area contributed by atoms with Gasteiger partial charge in [-0.25, -0.2) is 4.98 Å². The summed E-state index contributed by atoms with van der Waals surface area (Å²) in [6, 6.07) is 23.5.